The summed E-state index contributed by atoms with van der Waals surface area (Å²) in [5.41, 5.74) is 2.57. The van der Waals surface area contributed by atoms with Crippen molar-refractivity contribution in [2.75, 3.05) is 18.3 Å². The molecule has 0 spiro atoms. The average Bonchev–Trinajstić information content (AvgIpc) is 3.13. The maximum atomic E-state index is 6.34. The van der Waals surface area contributed by atoms with Gasteiger partial charge in [0.15, 0.2) is 11.7 Å². The van der Waals surface area contributed by atoms with Crippen LogP contribution in [0, 0.1) is 37.5 Å². The lowest BCUT2D eigenvalue weighted by molar-refractivity contribution is -0.155. The number of rotatable bonds is 5. The summed E-state index contributed by atoms with van der Waals surface area (Å²) in [6, 6.07) is 4.75. The zero-order valence-corrected chi connectivity index (χ0v) is 17.2. The summed E-state index contributed by atoms with van der Waals surface area (Å²) in [5, 5.41) is 0. The van der Waals surface area contributed by atoms with E-state index in [-0.39, 0.29) is 0 Å². The van der Waals surface area contributed by atoms with Crippen LogP contribution in [0.3, 0.4) is 0 Å². The number of benzene rings is 1. The molecule has 2 nitrogen and oxygen atoms in total. The Morgan fingerprint density at radius 1 is 0.885 bits per heavy atom. The molecule has 1 saturated heterocycles. The fourth-order valence-corrected chi connectivity index (χ4v) is 8.98. The molecule has 0 unspecified atom stereocenters. The van der Waals surface area contributed by atoms with E-state index >= 15 is 0 Å². The summed E-state index contributed by atoms with van der Waals surface area (Å²) in [7, 11) is 0.482. The summed E-state index contributed by atoms with van der Waals surface area (Å²) in [6.07, 6.45) is 10.4. The van der Waals surface area contributed by atoms with E-state index in [1.54, 1.807) is 4.90 Å². The topological polar surface area (TPSA) is 18.5 Å². The van der Waals surface area contributed by atoms with Crippen molar-refractivity contribution in [2.45, 2.75) is 69.8 Å². The molecule has 142 valence electrons. The van der Waals surface area contributed by atoms with Gasteiger partial charge >= 0.3 is 0 Å². The van der Waals surface area contributed by atoms with Crippen LogP contribution in [0.15, 0.2) is 17.0 Å². The fraction of sp³-hybridized carbons (Fsp3) is 0.739. The molecule has 0 amide bonds. The van der Waals surface area contributed by atoms with E-state index in [1.165, 1.54) is 67.6 Å². The van der Waals surface area contributed by atoms with Crippen LogP contribution in [0.25, 0.3) is 0 Å². The Morgan fingerprint density at radius 2 is 1.46 bits per heavy atom. The highest BCUT2D eigenvalue weighted by Crippen LogP contribution is 2.54. The Labute approximate surface area is 161 Å². The van der Waals surface area contributed by atoms with Gasteiger partial charge in [-0.05, 0) is 106 Å². The van der Waals surface area contributed by atoms with Crippen molar-refractivity contribution in [3.8, 4) is 5.75 Å². The molecular weight excluding hydrogens is 340 g/mol. The first-order chi connectivity index (χ1) is 12.7. The van der Waals surface area contributed by atoms with E-state index in [4.69, 9.17) is 9.47 Å². The molecule has 3 heteroatoms. The molecule has 1 aliphatic heterocycles. The van der Waals surface area contributed by atoms with Gasteiger partial charge in [-0.25, -0.2) is 0 Å². The quantitative estimate of drug-likeness (QED) is 0.518. The molecule has 0 atom stereocenters. The predicted octanol–water partition coefficient (Wildman–Crippen LogP) is 5.25. The van der Waals surface area contributed by atoms with Gasteiger partial charge < -0.3 is 9.47 Å². The number of ether oxygens (including phenoxy) is 2. The first-order valence-electron chi connectivity index (χ1n) is 10.7. The molecule has 4 saturated carbocycles. The lowest BCUT2D eigenvalue weighted by atomic mass is 9.55. The number of hydrogen-bond acceptors (Lipinski definition) is 2. The van der Waals surface area contributed by atoms with E-state index in [0.717, 1.165) is 29.4 Å². The smallest absolute Gasteiger partial charge is 0.189 e. The maximum absolute atomic E-state index is 6.34. The Hall–Kier alpha value is -0.670. The molecule has 5 aliphatic rings. The van der Waals surface area contributed by atoms with Crippen LogP contribution in [0.1, 0.15) is 56.1 Å². The van der Waals surface area contributed by atoms with Crippen molar-refractivity contribution in [3.05, 3.63) is 23.3 Å². The zero-order valence-electron chi connectivity index (χ0n) is 16.3. The monoisotopic (exact) mass is 373 g/mol. The molecule has 0 radical (unpaired) electrons. The highest BCUT2D eigenvalue weighted by atomic mass is 32.2. The van der Waals surface area contributed by atoms with Crippen LogP contribution in [0.4, 0.5) is 0 Å². The third-order valence-corrected chi connectivity index (χ3v) is 9.87. The minimum absolute atomic E-state index is 0.430. The predicted molar refractivity (Wildman–Crippen MR) is 108 cm³/mol. The molecule has 0 N–H and O–H groups in total. The molecule has 4 aliphatic carbocycles. The van der Waals surface area contributed by atoms with Gasteiger partial charge in [0, 0.05) is 10.9 Å². The molecule has 1 heterocycles. The van der Waals surface area contributed by atoms with Gasteiger partial charge in [-0.1, -0.05) is 0 Å². The van der Waals surface area contributed by atoms with Crippen molar-refractivity contribution in [3.63, 3.8) is 0 Å². The average molecular weight is 374 g/mol. The van der Waals surface area contributed by atoms with Crippen molar-refractivity contribution in [1.29, 1.82) is 0 Å². The van der Waals surface area contributed by atoms with Crippen LogP contribution < -0.4 is 4.74 Å². The first kappa shape index (κ1) is 17.4. The zero-order chi connectivity index (χ0) is 17.7. The second kappa shape index (κ2) is 7.05. The van der Waals surface area contributed by atoms with Crippen molar-refractivity contribution < 1.29 is 9.47 Å². The Morgan fingerprint density at radius 3 is 2.04 bits per heavy atom. The van der Waals surface area contributed by atoms with Crippen LogP contribution >= 0.6 is 0 Å². The Balaban J connectivity index is 1.22. The minimum atomic E-state index is 0.430. The van der Waals surface area contributed by atoms with Crippen molar-refractivity contribution >= 4 is 10.9 Å². The fourth-order valence-electron chi connectivity index (χ4n) is 6.51. The van der Waals surface area contributed by atoms with Gasteiger partial charge in [0.1, 0.15) is 17.3 Å². The second-order valence-electron chi connectivity index (χ2n) is 9.32. The maximum Gasteiger partial charge on any atom is 0.189 e. The van der Waals surface area contributed by atoms with E-state index in [1.807, 2.05) is 0 Å². The van der Waals surface area contributed by atoms with Gasteiger partial charge in [0.25, 0.3) is 0 Å². The summed E-state index contributed by atoms with van der Waals surface area (Å²) in [5.74, 6) is 7.45. The summed E-state index contributed by atoms with van der Waals surface area (Å²) in [4.78, 5) is 1.55. The molecule has 26 heavy (non-hydrogen) atoms. The second-order valence-corrected chi connectivity index (χ2v) is 11.6. The van der Waals surface area contributed by atoms with E-state index < -0.39 is 0 Å². The van der Waals surface area contributed by atoms with Crippen LogP contribution in [0.5, 0.6) is 5.75 Å². The summed E-state index contributed by atoms with van der Waals surface area (Å²) < 4.78 is 12.5. The van der Waals surface area contributed by atoms with Crippen LogP contribution in [-0.4, -0.2) is 24.4 Å². The SMILES string of the molecule is Cc1cc([S+]2CCCC2)cc(C)c1OCOC1C2CC3CC(C2)CC1C3. The van der Waals surface area contributed by atoms with E-state index in [0.29, 0.717) is 23.8 Å². The molecule has 4 bridgehead atoms. The van der Waals surface area contributed by atoms with Crippen molar-refractivity contribution in [2.24, 2.45) is 23.7 Å². The molecule has 6 rings (SSSR count). The number of aryl methyl sites for hydroxylation is 2. The number of hydrogen-bond donors (Lipinski definition) is 0. The van der Waals surface area contributed by atoms with Gasteiger partial charge in [-0.2, -0.15) is 0 Å². The van der Waals surface area contributed by atoms with Gasteiger partial charge in [0.05, 0.1) is 6.10 Å². The normalized spacial score (nSPS) is 36.0. The van der Waals surface area contributed by atoms with Gasteiger partial charge in [-0.3, -0.25) is 0 Å². The molecular formula is C23H33O2S+. The summed E-state index contributed by atoms with van der Waals surface area (Å²) >= 11 is 0. The molecule has 1 aromatic carbocycles. The highest BCUT2D eigenvalue weighted by molar-refractivity contribution is 7.97. The largest absolute Gasteiger partial charge is 0.467 e. The van der Waals surface area contributed by atoms with Gasteiger partial charge in [0.2, 0.25) is 0 Å². The molecule has 1 aromatic rings. The first-order valence-corrected chi connectivity index (χ1v) is 12.3. The molecule has 0 aromatic heterocycles. The Bertz CT molecular complexity index is 613. The minimum Gasteiger partial charge on any atom is -0.467 e. The summed E-state index contributed by atoms with van der Waals surface area (Å²) in [6.45, 7) is 4.84. The molecule has 5 fully saturated rings. The third-order valence-electron chi connectivity index (χ3n) is 7.40. The third kappa shape index (κ3) is 3.20. The van der Waals surface area contributed by atoms with E-state index in [9.17, 15) is 0 Å². The van der Waals surface area contributed by atoms with Gasteiger partial charge in [-0.15, -0.1) is 0 Å². The highest BCUT2D eigenvalue weighted by Gasteiger charge is 2.48. The van der Waals surface area contributed by atoms with Crippen LogP contribution in [-0.2, 0) is 15.6 Å². The van der Waals surface area contributed by atoms with E-state index in [2.05, 4.69) is 26.0 Å². The standard InChI is InChI=1S/C23H33O2S/c1-15-7-21(26-5-3-4-6-26)8-16(2)22(15)24-14-25-23-19-10-17-9-18(12-19)13-20(23)11-17/h7-8,17-20,23H,3-6,9-14H2,1-2H3/q+1. The Kier molecular flexibility index (Phi) is 4.73. The lowest BCUT2D eigenvalue weighted by Crippen LogP contribution is -2.49. The van der Waals surface area contributed by atoms with Crippen LogP contribution in [0.2, 0.25) is 0 Å². The van der Waals surface area contributed by atoms with Crippen molar-refractivity contribution in [1.82, 2.24) is 0 Å². The lowest BCUT2D eigenvalue weighted by Gasteiger charge is -2.53.